The van der Waals surface area contributed by atoms with E-state index in [0.717, 1.165) is 11.3 Å². The highest BCUT2D eigenvalue weighted by atomic mass is 16.5. The topological polar surface area (TPSA) is 41.5 Å². The fraction of sp³-hybridized carbons (Fsp3) is 0.333. The summed E-state index contributed by atoms with van der Waals surface area (Å²) < 4.78 is 5.04. The number of anilines is 1. The Hall–Kier alpha value is -1.06. The van der Waals surface area contributed by atoms with E-state index in [2.05, 4.69) is 5.32 Å². The molecule has 0 saturated carbocycles. The Morgan fingerprint density at radius 2 is 2.17 bits per heavy atom. The first kappa shape index (κ1) is 7.58. The van der Waals surface area contributed by atoms with Crippen LogP contribution in [0.3, 0.4) is 0 Å². The van der Waals surface area contributed by atoms with Crippen molar-refractivity contribution >= 4 is 5.69 Å². The zero-order valence-corrected chi connectivity index (χ0v) is 6.82. The second-order valence-corrected chi connectivity index (χ2v) is 2.83. The third kappa shape index (κ3) is 0.983. The van der Waals surface area contributed by atoms with Crippen molar-refractivity contribution in [2.45, 2.75) is 12.3 Å². The van der Waals surface area contributed by atoms with Crippen molar-refractivity contribution in [3.63, 3.8) is 0 Å². The molecule has 0 radical (unpaired) electrons. The van der Waals surface area contributed by atoms with Crippen LogP contribution in [0.25, 0.3) is 0 Å². The van der Waals surface area contributed by atoms with E-state index in [-0.39, 0.29) is 6.23 Å². The maximum Gasteiger partial charge on any atom is 0.157 e. The molecule has 2 atom stereocenters. The molecule has 0 saturated heterocycles. The van der Waals surface area contributed by atoms with Crippen molar-refractivity contribution in [2.24, 2.45) is 0 Å². The molecule has 0 spiro atoms. The Labute approximate surface area is 71.0 Å². The lowest BCUT2D eigenvalue weighted by molar-refractivity contribution is 0.0131. The smallest absolute Gasteiger partial charge is 0.157 e. The van der Waals surface area contributed by atoms with Crippen LogP contribution in [0.2, 0.25) is 0 Å². The molecule has 2 unspecified atom stereocenters. The number of methoxy groups -OCH3 is 1. The number of hydrogen-bond acceptors (Lipinski definition) is 3. The Balaban J connectivity index is 2.35. The van der Waals surface area contributed by atoms with Crippen LogP contribution in [0.15, 0.2) is 24.3 Å². The SMILES string of the molecule is COC1Nc2ccccc2C1O. The van der Waals surface area contributed by atoms with E-state index in [1.54, 1.807) is 7.11 Å². The van der Waals surface area contributed by atoms with Gasteiger partial charge in [0.25, 0.3) is 0 Å². The van der Waals surface area contributed by atoms with Gasteiger partial charge < -0.3 is 15.2 Å². The summed E-state index contributed by atoms with van der Waals surface area (Å²) in [6.07, 6.45) is -0.853. The van der Waals surface area contributed by atoms with Gasteiger partial charge in [-0.05, 0) is 6.07 Å². The molecule has 3 heteroatoms. The number of fused-ring (bicyclic) bond motifs is 1. The molecule has 1 aromatic rings. The van der Waals surface area contributed by atoms with Gasteiger partial charge in [0.05, 0.1) is 0 Å². The molecule has 1 aliphatic heterocycles. The standard InChI is InChI=1S/C9H11NO2/c1-12-9-8(11)6-4-2-3-5-7(6)10-9/h2-5,8-11H,1H3. The maximum atomic E-state index is 9.65. The summed E-state index contributed by atoms with van der Waals surface area (Å²) >= 11 is 0. The first-order valence-corrected chi connectivity index (χ1v) is 3.89. The van der Waals surface area contributed by atoms with E-state index in [4.69, 9.17) is 4.74 Å². The summed E-state index contributed by atoms with van der Waals surface area (Å²) in [5.41, 5.74) is 1.86. The van der Waals surface area contributed by atoms with E-state index in [9.17, 15) is 5.11 Å². The normalized spacial score (nSPS) is 26.5. The van der Waals surface area contributed by atoms with Crippen LogP contribution in [0.1, 0.15) is 11.7 Å². The molecular weight excluding hydrogens is 154 g/mol. The van der Waals surface area contributed by atoms with Crippen molar-refractivity contribution < 1.29 is 9.84 Å². The zero-order valence-electron chi connectivity index (χ0n) is 6.82. The predicted octanol–water partition coefficient (Wildman–Crippen LogP) is 1.12. The van der Waals surface area contributed by atoms with E-state index in [1.807, 2.05) is 24.3 Å². The fourth-order valence-electron chi connectivity index (χ4n) is 1.47. The van der Waals surface area contributed by atoms with E-state index in [0.29, 0.717) is 0 Å². The Morgan fingerprint density at radius 3 is 2.83 bits per heavy atom. The minimum atomic E-state index is -0.550. The number of ether oxygens (including phenoxy) is 1. The van der Waals surface area contributed by atoms with Gasteiger partial charge in [0.15, 0.2) is 6.23 Å². The van der Waals surface area contributed by atoms with Gasteiger partial charge in [-0.25, -0.2) is 0 Å². The summed E-state index contributed by atoms with van der Waals surface area (Å²) in [6, 6.07) is 7.65. The van der Waals surface area contributed by atoms with Crippen LogP contribution >= 0.6 is 0 Å². The number of aliphatic hydroxyl groups excluding tert-OH is 1. The molecule has 0 bridgehead atoms. The lowest BCUT2D eigenvalue weighted by Gasteiger charge is -2.12. The van der Waals surface area contributed by atoms with Crippen molar-refractivity contribution in [1.29, 1.82) is 0 Å². The van der Waals surface area contributed by atoms with Crippen molar-refractivity contribution in [2.75, 3.05) is 12.4 Å². The first-order valence-electron chi connectivity index (χ1n) is 3.89. The molecule has 1 aliphatic rings. The van der Waals surface area contributed by atoms with Crippen LogP contribution in [-0.4, -0.2) is 18.4 Å². The molecule has 2 N–H and O–H groups in total. The fourth-order valence-corrected chi connectivity index (χ4v) is 1.47. The van der Waals surface area contributed by atoms with Gasteiger partial charge in [-0.1, -0.05) is 18.2 Å². The largest absolute Gasteiger partial charge is 0.384 e. The van der Waals surface area contributed by atoms with Gasteiger partial charge in [-0.15, -0.1) is 0 Å². The Morgan fingerprint density at radius 1 is 1.42 bits per heavy atom. The van der Waals surface area contributed by atoms with Crippen LogP contribution < -0.4 is 5.32 Å². The molecule has 1 heterocycles. The number of para-hydroxylation sites is 1. The predicted molar refractivity (Wildman–Crippen MR) is 45.8 cm³/mol. The minimum Gasteiger partial charge on any atom is -0.384 e. The molecule has 64 valence electrons. The Kier molecular flexibility index (Phi) is 1.75. The monoisotopic (exact) mass is 165 g/mol. The van der Waals surface area contributed by atoms with Gasteiger partial charge in [-0.2, -0.15) is 0 Å². The number of benzene rings is 1. The number of rotatable bonds is 1. The van der Waals surface area contributed by atoms with Gasteiger partial charge in [-0.3, -0.25) is 0 Å². The molecule has 2 rings (SSSR count). The molecule has 12 heavy (non-hydrogen) atoms. The highest BCUT2D eigenvalue weighted by Gasteiger charge is 2.29. The summed E-state index contributed by atoms with van der Waals surface area (Å²) in [5.74, 6) is 0. The van der Waals surface area contributed by atoms with Crippen LogP contribution in [0, 0.1) is 0 Å². The molecule has 0 aromatic heterocycles. The number of hydrogen-bond donors (Lipinski definition) is 2. The lowest BCUT2D eigenvalue weighted by atomic mass is 10.1. The highest BCUT2D eigenvalue weighted by Crippen LogP contribution is 2.33. The summed E-state index contributed by atoms with van der Waals surface area (Å²) in [5, 5.41) is 12.7. The van der Waals surface area contributed by atoms with Crippen LogP contribution in [-0.2, 0) is 4.74 Å². The van der Waals surface area contributed by atoms with E-state index in [1.165, 1.54) is 0 Å². The summed E-state index contributed by atoms with van der Waals surface area (Å²) in [6.45, 7) is 0. The first-order chi connectivity index (χ1) is 5.83. The minimum absolute atomic E-state index is 0.303. The van der Waals surface area contributed by atoms with Crippen LogP contribution in [0.5, 0.6) is 0 Å². The molecule has 0 aliphatic carbocycles. The van der Waals surface area contributed by atoms with Gasteiger partial charge in [0, 0.05) is 18.4 Å². The zero-order chi connectivity index (χ0) is 8.55. The summed E-state index contributed by atoms with van der Waals surface area (Å²) in [7, 11) is 1.58. The number of nitrogens with one attached hydrogen (secondary N) is 1. The van der Waals surface area contributed by atoms with Crippen molar-refractivity contribution in [3.8, 4) is 0 Å². The average Bonchev–Trinajstić information content (AvgIpc) is 2.44. The highest BCUT2D eigenvalue weighted by molar-refractivity contribution is 5.57. The third-order valence-electron chi connectivity index (χ3n) is 2.12. The van der Waals surface area contributed by atoms with E-state index >= 15 is 0 Å². The number of aliphatic hydroxyl groups is 1. The van der Waals surface area contributed by atoms with E-state index < -0.39 is 6.10 Å². The van der Waals surface area contributed by atoms with Crippen LogP contribution in [0.4, 0.5) is 5.69 Å². The van der Waals surface area contributed by atoms with Crippen molar-refractivity contribution in [1.82, 2.24) is 0 Å². The molecular formula is C9H11NO2. The molecule has 3 nitrogen and oxygen atoms in total. The van der Waals surface area contributed by atoms with Gasteiger partial charge >= 0.3 is 0 Å². The Bertz CT molecular complexity index is 288. The maximum absolute atomic E-state index is 9.65. The third-order valence-corrected chi connectivity index (χ3v) is 2.12. The van der Waals surface area contributed by atoms with Gasteiger partial charge in [0.2, 0.25) is 0 Å². The second kappa shape index (κ2) is 2.77. The second-order valence-electron chi connectivity index (χ2n) is 2.83. The molecule has 0 amide bonds. The average molecular weight is 165 g/mol. The van der Waals surface area contributed by atoms with Gasteiger partial charge in [0.1, 0.15) is 6.10 Å². The molecule has 1 aromatic carbocycles. The van der Waals surface area contributed by atoms with Crippen molar-refractivity contribution in [3.05, 3.63) is 29.8 Å². The quantitative estimate of drug-likeness (QED) is 0.655. The molecule has 0 fully saturated rings. The summed E-state index contributed by atoms with van der Waals surface area (Å²) in [4.78, 5) is 0. The lowest BCUT2D eigenvalue weighted by Crippen LogP contribution is -2.21.